The van der Waals surface area contributed by atoms with Crippen molar-refractivity contribution >= 4 is 0 Å². The zero-order chi connectivity index (χ0) is 17.0. The molecule has 123 valence electrons. The van der Waals surface area contributed by atoms with E-state index in [1.54, 1.807) is 0 Å². The first-order valence-electron chi connectivity index (χ1n) is 6.64. The summed E-state index contributed by atoms with van der Waals surface area (Å²) in [6.07, 6.45) is -1.45. The predicted molar refractivity (Wildman–Crippen MR) is 75.5 cm³/mol. The van der Waals surface area contributed by atoms with Gasteiger partial charge in [0, 0.05) is 11.6 Å². The van der Waals surface area contributed by atoms with Crippen LogP contribution in [0.25, 0.3) is 11.3 Å². The van der Waals surface area contributed by atoms with Gasteiger partial charge in [-0.25, -0.2) is 9.97 Å². The van der Waals surface area contributed by atoms with Gasteiger partial charge in [-0.2, -0.15) is 0 Å². The van der Waals surface area contributed by atoms with Crippen LogP contribution in [0.4, 0.5) is 13.2 Å². The summed E-state index contributed by atoms with van der Waals surface area (Å²) >= 11 is 0. The van der Waals surface area contributed by atoms with Crippen LogP contribution in [0.5, 0.6) is 17.4 Å². The molecular formula is C15H14F3N2O3. The Balaban J connectivity index is 2.51. The van der Waals surface area contributed by atoms with Crippen LogP contribution in [0, 0.1) is 6.20 Å². The second kappa shape index (κ2) is 6.72. The zero-order valence-corrected chi connectivity index (χ0v) is 12.7. The standard InChI is InChI=1S/C15H14F3N2O3/c1-4-9-8-19-14(22-3)13(20-9)11-6-5-10(7-12(11)21-2)23-15(16,17)18/h5-7H,4H2,1-3H3. The summed E-state index contributed by atoms with van der Waals surface area (Å²) in [7, 11) is 2.76. The van der Waals surface area contributed by atoms with Crippen molar-refractivity contribution in [3.05, 3.63) is 30.1 Å². The fourth-order valence-corrected chi connectivity index (χ4v) is 1.92. The van der Waals surface area contributed by atoms with Gasteiger partial charge < -0.3 is 14.2 Å². The predicted octanol–water partition coefficient (Wildman–Crippen LogP) is 3.42. The van der Waals surface area contributed by atoms with Gasteiger partial charge in [0.05, 0.1) is 19.9 Å². The van der Waals surface area contributed by atoms with Gasteiger partial charge in [-0.05, 0) is 18.6 Å². The lowest BCUT2D eigenvalue weighted by Gasteiger charge is -2.14. The molecule has 23 heavy (non-hydrogen) atoms. The molecule has 0 spiro atoms. The third-order valence-corrected chi connectivity index (χ3v) is 2.93. The number of rotatable bonds is 5. The Hall–Kier alpha value is -2.51. The average molecular weight is 327 g/mol. The molecule has 0 aliphatic rings. The summed E-state index contributed by atoms with van der Waals surface area (Å²) in [6, 6.07) is 3.72. The van der Waals surface area contributed by atoms with E-state index < -0.39 is 6.36 Å². The number of hydrogen-bond acceptors (Lipinski definition) is 5. The van der Waals surface area contributed by atoms with E-state index in [1.165, 1.54) is 26.4 Å². The second-order valence-electron chi connectivity index (χ2n) is 4.40. The van der Waals surface area contributed by atoms with Gasteiger partial charge in [0.15, 0.2) is 0 Å². The number of ether oxygens (including phenoxy) is 3. The SMILES string of the molecule is CCc1[c]nc(OC)c(-c2ccc(OC(F)(F)F)cc2OC)n1. The fraction of sp³-hybridized carbons (Fsp3) is 0.333. The number of alkyl halides is 3. The van der Waals surface area contributed by atoms with E-state index in [-0.39, 0.29) is 17.4 Å². The molecule has 1 aromatic heterocycles. The van der Waals surface area contributed by atoms with Crippen LogP contribution >= 0.6 is 0 Å². The first-order valence-corrected chi connectivity index (χ1v) is 6.64. The third kappa shape index (κ3) is 4.02. The number of aryl methyl sites for hydroxylation is 1. The summed E-state index contributed by atoms with van der Waals surface area (Å²) in [4.78, 5) is 8.38. The molecule has 0 saturated heterocycles. The van der Waals surface area contributed by atoms with Crippen LogP contribution in [0.3, 0.4) is 0 Å². The molecule has 2 rings (SSSR count). The minimum absolute atomic E-state index is 0.160. The molecule has 0 saturated carbocycles. The van der Waals surface area contributed by atoms with Gasteiger partial charge in [-0.1, -0.05) is 6.92 Å². The largest absolute Gasteiger partial charge is 0.573 e. The maximum atomic E-state index is 12.3. The maximum Gasteiger partial charge on any atom is 0.573 e. The molecule has 0 amide bonds. The first kappa shape index (κ1) is 16.9. The highest BCUT2D eigenvalue weighted by molar-refractivity contribution is 5.72. The minimum Gasteiger partial charge on any atom is -0.496 e. The van der Waals surface area contributed by atoms with Crippen LogP contribution in [0.1, 0.15) is 12.6 Å². The summed E-state index contributed by atoms with van der Waals surface area (Å²) < 4.78 is 51.1. The van der Waals surface area contributed by atoms with E-state index in [0.717, 1.165) is 6.07 Å². The molecule has 0 aliphatic heterocycles. The van der Waals surface area contributed by atoms with Crippen LogP contribution in [0.2, 0.25) is 0 Å². The third-order valence-electron chi connectivity index (χ3n) is 2.93. The molecule has 0 fully saturated rings. The number of nitrogens with zero attached hydrogens (tertiary/aromatic N) is 2. The van der Waals surface area contributed by atoms with Crippen molar-refractivity contribution in [1.29, 1.82) is 0 Å². The van der Waals surface area contributed by atoms with Gasteiger partial charge in [0.25, 0.3) is 0 Å². The van der Waals surface area contributed by atoms with E-state index in [4.69, 9.17) is 9.47 Å². The van der Waals surface area contributed by atoms with Crippen LogP contribution in [-0.2, 0) is 6.42 Å². The molecular weight excluding hydrogens is 313 g/mol. The number of benzene rings is 1. The zero-order valence-electron chi connectivity index (χ0n) is 12.7. The fourth-order valence-electron chi connectivity index (χ4n) is 1.92. The van der Waals surface area contributed by atoms with E-state index in [9.17, 15) is 13.2 Å². The van der Waals surface area contributed by atoms with Crippen LogP contribution < -0.4 is 14.2 Å². The Kier molecular flexibility index (Phi) is 4.92. The highest BCUT2D eigenvalue weighted by Gasteiger charge is 2.31. The number of hydrogen-bond donors (Lipinski definition) is 0. The van der Waals surface area contributed by atoms with Gasteiger partial charge in [-0.3, -0.25) is 0 Å². The number of halogens is 3. The summed E-state index contributed by atoms with van der Waals surface area (Å²) in [5.74, 6) is -0.0270. The van der Waals surface area contributed by atoms with Crippen LogP contribution in [-0.4, -0.2) is 30.5 Å². The Labute approximate surface area is 131 Å². The van der Waals surface area contributed by atoms with Gasteiger partial charge in [0.2, 0.25) is 5.88 Å². The van der Waals surface area contributed by atoms with Crippen molar-refractivity contribution in [3.8, 4) is 28.6 Å². The Morgan fingerprint density at radius 1 is 1.17 bits per heavy atom. The number of methoxy groups -OCH3 is 2. The monoisotopic (exact) mass is 327 g/mol. The molecule has 0 aliphatic carbocycles. The summed E-state index contributed by atoms with van der Waals surface area (Å²) in [5.41, 5.74) is 1.40. The molecule has 8 heteroatoms. The van der Waals surface area contributed by atoms with Crippen molar-refractivity contribution in [1.82, 2.24) is 9.97 Å². The van der Waals surface area contributed by atoms with E-state index in [1.807, 2.05) is 6.92 Å². The topological polar surface area (TPSA) is 53.5 Å². The van der Waals surface area contributed by atoms with E-state index in [2.05, 4.69) is 20.9 Å². The molecule has 2 aromatic rings. The maximum absolute atomic E-state index is 12.3. The summed E-state index contributed by atoms with van der Waals surface area (Å²) in [5, 5.41) is 0. The van der Waals surface area contributed by atoms with Crippen molar-refractivity contribution in [2.45, 2.75) is 19.7 Å². The average Bonchev–Trinajstić information content (AvgIpc) is 2.52. The van der Waals surface area contributed by atoms with Crippen molar-refractivity contribution in [2.24, 2.45) is 0 Å². The quantitative estimate of drug-likeness (QED) is 0.842. The second-order valence-corrected chi connectivity index (χ2v) is 4.40. The molecule has 0 N–H and O–H groups in total. The highest BCUT2D eigenvalue weighted by atomic mass is 19.4. The molecule has 1 aromatic carbocycles. The lowest BCUT2D eigenvalue weighted by molar-refractivity contribution is -0.274. The molecule has 1 heterocycles. The minimum atomic E-state index is -4.78. The molecule has 5 nitrogen and oxygen atoms in total. The Morgan fingerprint density at radius 2 is 1.91 bits per heavy atom. The van der Waals surface area contributed by atoms with Gasteiger partial charge in [0.1, 0.15) is 23.4 Å². The highest BCUT2D eigenvalue weighted by Crippen LogP contribution is 2.37. The lowest BCUT2D eigenvalue weighted by Crippen LogP contribution is -2.17. The number of aromatic nitrogens is 2. The Bertz CT molecular complexity index is 690. The summed E-state index contributed by atoms with van der Waals surface area (Å²) in [6.45, 7) is 1.88. The lowest BCUT2D eigenvalue weighted by atomic mass is 10.1. The Morgan fingerprint density at radius 3 is 2.48 bits per heavy atom. The normalized spacial score (nSPS) is 11.2. The first-order chi connectivity index (χ1) is 10.9. The van der Waals surface area contributed by atoms with Crippen molar-refractivity contribution < 1.29 is 27.4 Å². The van der Waals surface area contributed by atoms with E-state index >= 15 is 0 Å². The smallest absolute Gasteiger partial charge is 0.496 e. The van der Waals surface area contributed by atoms with Gasteiger partial charge >= 0.3 is 6.36 Å². The van der Waals surface area contributed by atoms with Crippen LogP contribution in [0.15, 0.2) is 18.2 Å². The van der Waals surface area contributed by atoms with Crippen molar-refractivity contribution in [2.75, 3.05) is 14.2 Å². The van der Waals surface area contributed by atoms with Crippen molar-refractivity contribution in [3.63, 3.8) is 0 Å². The van der Waals surface area contributed by atoms with Gasteiger partial charge in [-0.15, -0.1) is 13.2 Å². The molecule has 0 unspecified atom stereocenters. The molecule has 0 atom stereocenters. The van der Waals surface area contributed by atoms with E-state index in [0.29, 0.717) is 23.4 Å². The molecule has 0 bridgehead atoms. The molecule has 1 radical (unpaired) electrons.